The van der Waals surface area contributed by atoms with Gasteiger partial charge in [-0.2, -0.15) is 0 Å². The Morgan fingerprint density at radius 2 is 2.12 bits per heavy atom. The maximum atomic E-state index is 11.9. The molecule has 1 aliphatic heterocycles. The maximum absolute atomic E-state index is 11.9. The molecule has 0 saturated carbocycles. The van der Waals surface area contributed by atoms with Crippen LogP contribution in [0.4, 0.5) is 0 Å². The Bertz CT molecular complexity index is 285. The van der Waals surface area contributed by atoms with Crippen LogP contribution in [0.2, 0.25) is 0 Å². The van der Waals surface area contributed by atoms with E-state index in [1.807, 2.05) is 13.8 Å². The molecule has 0 aromatic carbocycles. The highest BCUT2D eigenvalue weighted by Crippen LogP contribution is 2.17. The minimum atomic E-state index is -0.971. The van der Waals surface area contributed by atoms with Gasteiger partial charge in [0.15, 0.2) is 0 Å². The number of nitrogens with one attached hydrogen (secondary N) is 2. The lowest BCUT2D eigenvalue weighted by Gasteiger charge is -2.32. The van der Waals surface area contributed by atoms with E-state index in [0.29, 0.717) is 0 Å². The molecule has 16 heavy (non-hydrogen) atoms. The van der Waals surface area contributed by atoms with Crippen molar-refractivity contribution in [2.75, 3.05) is 6.54 Å². The summed E-state index contributed by atoms with van der Waals surface area (Å²) >= 11 is 0. The lowest BCUT2D eigenvalue weighted by Crippen LogP contribution is -2.61. The summed E-state index contributed by atoms with van der Waals surface area (Å²) in [6, 6.07) is -0.183. The fraction of sp³-hybridized carbons (Fsp3) is 0.818. The second-order valence-corrected chi connectivity index (χ2v) is 4.86. The van der Waals surface area contributed by atoms with Crippen molar-refractivity contribution in [1.82, 2.24) is 10.6 Å². The molecule has 0 aromatic rings. The van der Waals surface area contributed by atoms with E-state index in [-0.39, 0.29) is 17.9 Å². The van der Waals surface area contributed by atoms with Crippen molar-refractivity contribution < 1.29 is 9.59 Å². The van der Waals surface area contributed by atoms with Crippen molar-refractivity contribution in [3.63, 3.8) is 0 Å². The van der Waals surface area contributed by atoms with Crippen LogP contribution in [0, 0.1) is 5.92 Å². The van der Waals surface area contributed by atoms with Crippen LogP contribution in [-0.2, 0) is 9.59 Å². The predicted octanol–water partition coefficient (Wildman–Crippen LogP) is -0.245. The molecule has 5 heteroatoms. The van der Waals surface area contributed by atoms with Crippen molar-refractivity contribution in [2.24, 2.45) is 11.7 Å². The van der Waals surface area contributed by atoms with Gasteiger partial charge in [-0.1, -0.05) is 13.8 Å². The molecule has 1 heterocycles. The van der Waals surface area contributed by atoms with Crippen molar-refractivity contribution in [1.29, 1.82) is 0 Å². The molecular formula is C11H21N3O2. The number of amides is 2. The zero-order chi connectivity index (χ0) is 12.3. The van der Waals surface area contributed by atoms with Crippen LogP contribution in [0.3, 0.4) is 0 Å². The molecule has 2 atom stereocenters. The van der Waals surface area contributed by atoms with Gasteiger partial charge in [0.05, 0.1) is 6.04 Å². The van der Waals surface area contributed by atoms with E-state index in [2.05, 4.69) is 10.6 Å². The Labute approximate surface area is 96.1 Å². The average molecular weight is 227 g/mol. The lowest BCUT2D eigenvalue weighted by molar-refractivity contribution is -0.133. The molecule has 0 unspecified atom stereocenters. The summed E-state index contributed by atoms with van der Waals surface area (Å²) in [5.41, 5.74) is 4.37. The number of carbonyl (C=O) groups excluding carboxylic acids is 2. The quantitative estimate of drug-likeness (QED) is 0.619. The molecule has 2 amide bonds. The Morgan fingerprint density at radius 3 is 2.50 bits per heavy atom. The van der Waals surface area contributed by atoms with Gasteiger partial charge in [-0.15, -0.1) is 0 Å². The van der Waals surface area contributed by atoms with Crippen molar-refractivity contribution in [2.45, 2.75) is 45.2 Å². The Morgan fingerprint density at radius 1 is 1.50 bits per heavy atom. The molecule has 1 fully saturated rings. The van der Waals surface area contributed by atoms with Crippen LogP contribution in [0.1, 0.15) is 33.6 Å². The van der Waals surface area contributed by atoms with Crippen LogP contribution in [0.25, 0.3) is 0 Å². The third-order valence-electron chi connectivity index (χ3n) is 3.43. The SMILES string of the molecule is CC(C)[C@](C)(NC(=O)[C@@H]1CCCN1)C(N)=O. The fourth-order valence-electron chi connectivity index (χ4n) is 1.74. The lowest BCUT2D eigenvalue weighted by atomic mass is 9.87. The van der Waals surface area contributed by atoms with Crippen LogP contribution in [0.5, 0.6) is 0 Å². The van der Waals surface area contributed by atoms with E-state index < -0.39 is 11.4 Å². The summed E-state index contributed by atoms with van der Waals surface area (Å²) in [6.07, 6.45) is 1.81. The first kappa shape index (κ1) is 13.0. The molecular weight excluding hydrogens is 206 g/mol. The molecule has 0 radical (unpaired) electrons. The van der Waals surface area contributed by atoms with Crippen molar-refractivity contribution in [3.8, 4) is 0 Å². The van der Waals surface area contributed by atoms with Gasteiger partial charge in [-0.25, -0.2) is 0 Å². The summed E-state index contributed by atoms with van der Waals surface area (Å²) in [6.45, 7) is 6.26. The van der Waals surface area contributed by atoms with Gasteiger partial charge in [0.1, 0.15) is 5.54 Å². The molecule has 4 N–H and O–H groups in total. The van der Waals surface area contributed by atoms with Gasteiger partial charge in [-0.05, 0) is 32.2 Å². The summed E-state index contributed by atoms with van der Waals surface area (Å²) < 4.78 is 0. The molecule has 0 aromatic heterocycles. The highest BCUT2D eigenvalue weighted by Gasteiger charge is 2.38. The second kappa shape index (κ2) is 4.82. The van der Waals surface area contributed by atoms with Crippen molar-refractivity contribution >= 4 is 11.8 Å². The highest BCUT2D eigenvalue weighted by molar-refractivity contribution is 5.92. The van der Waals surface area contributed by atoms with Gasteiger partial charge in [0, 0.05) is 0 Å². The summed E-state index contributed by atoms with van der Waals surface area (Å²) in [7, 11) is 0. The molecule has 0 aliphatic carbocycles. The zero-order valence-electron chi connectivity index (χ0n) is 10.2. The van der Waals surface area contributed by atoms with Crippen molar-refractivity contribution in [3.05, 3.63) is 0 Å². The molecule has 0 bridgehead atoms. The molecule has 5 nitrogen and oxygen atoms in total. The van der Waals surface area contributed by atoms with Crippen LogP contribution in [-0.4, -0.2) is 29.9 Å². The van der Waals surface area contributed by atoms with Crippen LogP contribution < -0.4 is 16.4 Å². The number of rotatable bonds is 4. The molecule has 1 aliphatic rings. The van der Waals surface area contributed by atoms with E-state index in [4.69, 9.17) is 5.73 Å². The third kappa shape index (κ3) is 2.52. The number of nitrogens with two attached hydrogens (primary N) is 1. The Hall–Kier alpha value is -1.10. The number of hydrogen-bond acceptors (Lipinski definition) is 3. The number of primary amides is 1. The smallest absolute Gasteiger partial charge is 0.243 e. The maximum Gasteiger partial charge on any atom is 0.243 e. The van der Waals surface area contributed by atoms with E-state index >= 15 is 0 Å². The summed E-state index contributed by atoms with van der Waals surface area (Å²) in [4.78, 5) is 23.3. The monoisotopic (exact) mass is 227 g/mol. The van der Waals surface area contributed by atoms with Gasteiger partial charge in [0.25, 0.3) is 0 Å². The van der Waals surface area contributed by atoms with Gasteiger partial charge in [0.2, 0.25) is 11.8 Å². The molecule has 1 saturated heterocycles. The predicted molar refractivity (Wildman–Crippen MR) is 61.6 cm³/mol. The molecule has 0 spiro atoms. The third-order valence-corrected chi connectivity index (χ3v) is 3.43. The van der Waals surface area contributed by atoms with Crippen LogP contribution in [0.15, 0.2) is 0 Å². The Balaban J connectivity index is 2.68. The zero-order valence-corrected chi connectivity index (χ0v) is 10.2. The summed E-state index contributed by atoms with van der Waals surface area (Å²) in [5.74, 6) is -0.656. The fourth-order valence-corrected chi connectivity index (χ4v) is 1.74. The van der Waals surface area contributed by atoms with Crippen LogP contribution >= 0.6 is 0 Å². The first-order chi connectivity index (χ1) is 7.38. The first-order valence-corrected chi connectivity index (χ1v) is 5.73. The molecule has 92 valence electrons. The van der Waals surface area contributed by atoms with E-state index in [0.717, 1.165) is 19.4 Å². The Kier molecular flexibility index (Phi) is 3.91. The highest BCUT2D eigenvalue weighted by atomic mass is 16.2. The molecule has 1 rings (SSSR count). The van der Waals surface area contributed by atoms with E-state index in [1.165, 1.54) is 0 Å². The van der Waals surface area contributed by atoms with E-state index in [9.17, 15) is 9.59 Å². The average Bonchev–Trinajstić information content (AvgIpc) is 2.69. The topological polar surface area (TPSA) is 84.2 Å². The minimum absolute atomic E-state index is 0.0321. The number of carbonyl (C=O) groups is 2. The van der Waals surface area contributed by atoms with Gasteiger partial charge >= 0.3 is 0 Å². The van der Waals surface area contributed by atoms with E-state index in [1.54, 1.807) is 6.92 Å². The minimum Gasteiger partial charge on any atom is -0.368 e. The summed E-state index contributed by atoms with van der Waals surface area (Å²) in [5, 5.41) is 5.85. The van der Waals surface area contributed by atoms with Gasteiger partial charge in [-0.3, -0.25) is 9.59 Å². The number of hydrogen-bond donors (Lipinski definition) is 3. The van der Waals surface area contributed by atoms with Gasteiger partial charge < -0.3 is 16.4 Å². The second-order valence-electron chi connectivity index (χ2n) is 4.86. The first-order valence-electron chi connectivity index (χ1n) is 5.73. The standard InChI is InChI=1S/C11H21N3O2/c1-7(2)11(3,10(12)16)14-9(15)8-5-4-6-13-8/h7-8,13H,4-6H2,1-3H3,(H2,12,16)(H,14,15)/t8-,11-/m0/s1. The normalized spacial score (nSPS) is 24.1. The largest absolute Gasteiger partial charge is 0.368 e.